The lowest BCUT2D eigenvalue weighted by Gasteiger charge is -2.28. The Hall–Kier alpha value is -1.84. The Balaban J connectivity index is 1.73. The van der Waals surface area contributed by atoms with Crippen LogP contribution in [0.15, 0.2) is 24.3 Å². The van der Waals surface area contributed by atoms with Crippen molar-refractivity contribution in [3.05, 3.63) is 35.4 Å². The van der Waals surface area contributed by atoms with Crippen LogP contribution in [0, 0.1) is 11.8 Å². The van der Waals surface area contributed by atoms with E-state index in [0.717, 1.165) is 25.7 Å². The molecule has 4 heteroatoms. The molecule has 0 aliphatic heterocycles. The second kappa shape index (κ2) is 5.88. The summed E-state index contributed by atoms with van der Waals surface area (Å²) in [4.78, 5) is 23.7. The Morgan fingerprint density at radius 3 is 2.62 bits per heavy atom. The molecule has 1 unspecified atom stereocenters. The average molecular weight is 287 g/mol. The average Bonchev–Trinajstić information content (AvgIpc) is 2.97. The molecule has 0 spiro atoms. The number of hydrogen-bond donors (Lipinski definition) is 2. The van der Waals surface area contributed by atoms with Crippen molar-refractivity contribution in [2.45, 2.75) is 44.6 Å². The smallest absolute Gasteiger partial charge is 0.307 e. The van der Waals surface area contributed by atoms with Crippen molar-refractivity contribution in [2.75, 3.05) is 0 Å². The lowest BCUT2D eigenvalue weighted by molar-refractivity contribution is -0.146. The number of fused-ring (bicyclic) bond motifs is 1. The van der Waals surface area contributed by atoms with Crippen molar-refractivity contribution in [2.24, 2.45) is 11.8 Å². The van der Waals surface area contributed by atoms with E-state index in [1.807, 2.05) is 12.1 Å². The molecule has 3 atom stereocenters. The van der Waals surface area contributed by atoms with Gasteiger partial charge in [0, 0.05) is 0 Å². The summed E-state index contributed by atoms with van der Waals surface area (Å²) in [5.74, 6) is -1.79. The summed E-state index contributed by atoms with van der Waals surface area (Å²) >= 11 is 0. The Morgan fingerprint density at radius 2 is 1.81 bits per heavy atom. The molecule has 1 aromatic rings. The second-order valence-corrected chi connectivity index (χ2v) is 6.13. The predicted octanol–water partition coefficient (Wildman–Crippen LogP) is 2.68. The molecule has 1 amide bonds. The first kappa shape index (κ1) is 14.1. The summed E-state index contributed by atoms with van der Waals surface area (Å²) in [6.07, 6.45) is 5.20. The molecule has 0 saturated heterocycles. The number of nitrogens with one attached hydrogen (secondary N) is 1. The van der Waals surface area contributed by atoms with Crippen LogP contribution in [-0.4, -0.2) is 17.0 Å². The number of rotatable bonds is 3. The van der Waals surface area contributed by atoms with E-state index in [0.29, 0.717) is 12.8 Å². The number of carbonyl (C=O) groups is 2. The minimum Gasteiger partial charge on any atom is -0.481 e. The van der Waals surface area contributed by atoms with E-state index in [1.165, 1.54) is 11.1 Å². The fourth-order valence-corrected chi connectivity index (χ4v) is 3.75. The van der Waals surface area contributed by atoms with Gasteiger partial charge in [0.1, 0.15) is 0 Å². The Kier molecular flexibility index (Phi) is 3.95. The highest BCUT2D eigenvalue weighted by Gasteiger charge is 2.38. The second-order valence-electron chi connectivity index (χ2n) is 6.13. The van der Waals surface area contributed by atoms with E-state index >= 15 is 0 Å². The zero-order valence-corrected chi connectivity index (χ0v) is 12.0. The summed E-state index contributed by atoms with van der Waals surface area (Å²) < 4.78 is 0. The van der Waals surface area contributed by atoms with Gasteiger partial charge in [-0.15, -0.1) is 0 Å². The first-order valence-electron chi connectivity index (χ1n) is 7.78. The highest BCUT2D eigenvalue weighted by molar-refractivity contribution is 5.85. The summed E-state index contributed by atoms with van der Waals surface area (Å²) in [7, 11) is 0. The fourth-order valence-electron chi connectivity index (χ4n) is 3.75. The minimum atomic E-state index is -0.836. The van der Waals surface area contributed by atoms with Crippen molar-refractivity contribution in [1.29, 1.82) is 0 Å². The molecule has 0 aromatic heterocycles. The molecule has 0 radical (unpaired) electrons. The molecular formula is C17H21NO3. The summed E-state index contributed by atoms with van der Waals surface area (Å²) in [5.41, 5.74) is 2.50. The van der Waals surface area contributed by atoms with Crippen LogP contribution in [0.5, 0.6) is 0 Å². The SMILES string of the molecule is O=C(O)[C@@H]1CCC[C@H]1C(=O)NC1CCCc2ccccc21. The van der Waals surface area contributed by atoms with Crippen LogP contribution < -0.4 is 5.32 Å². The molecule has 112 valence electrons. The van der Waals surface area contributed by atoms with Crippen molar-refractivity contribution in [1.82, 2.24) is 5.32 Å². The summed E-state index contributed by atoms with van der Waals surface area (Å²) in [5, 5.41) is 12.3. The molecule has 3 rings (SSSR count). The van der Waals surface area contributed by atoms with Crippen LogP contribution in [0.3, 0.4) is 0 Å². The van der Waals surface area contributed by atoms with Gasteiger partial charge >= 0.3 is 5.97 Å². The standard InChI is InChI=1S/C17H21NO3/c19-16(13-8-4-9-14(13)17(20)21)18-15-10-3-6-11-5-1-2-7-12(11)15/h1-2,5,7,13-15H,3-4,6,8-10H2,(H,18,19)(H,20,21)/t13-,14-,15?/m1/s1. The molecule has 1 fully saturated rings. The number of aliphatic carboxylic acids is 1. The van der Waals surface area contributed by atoms with Gasteiger partial charge in [-0.2, -0.15) is 0 Å². The van der Waals surface area contributed by atoms with Gasteiger partial charge in [-0.05, 0) is 43.2 Å². The highest BCUT2D eigenvalue weighted by atomic mass is 16.4. The van der Waals surface area contributed by atoms with Crippen LogP contribution in [0.25, 0.3) is 0 Å². The van der Waals surface area contributed by atoms with Crippen molar-refractivity contribution in [3.8, 4) is 0 Å². The summed E-state index contributed by atoms with van der Waals surface area (Å²) in [6.45, 7) is 0. The van der Waals surface area contributed by atoms with Gasteiger partial charge in [0.05, 0.1) is 17.9 Å². The van der Waals surface area contributed by atoms with Crippen molar-refractivity contribution < 1.29 is 14.7 Å². The molecule has 21 heavy (non-hydrogen) atoms. The zero-order valence-electron chi connectivity index (χ0n) is 12.0. The van der Waals surface area contributed by atoms with E-state index in [1.54, 1.807) is 0 Å². The number of carboxylic acid groups (broad SMARTS) is 1. The quantitative estimate of drug-likeness (QED) is 0.898. The third-order valence-electron chi connectivity index (χ3n) is 4.86. The number of amides is 1. The molecule has 2 N–H and O–H groups in total. The molecule has 2 aliphatic rings. The van der Waals surface area contributed by atoms with E-state index in [-0.39, 0.29) is 17.9 Å². The molecule has 2 aliphatic carbocycles. The number of carbonyl (C=O) groups excluding carboxylic acids is 1. The van der Waals surface area contributed by atoms with Gasteiger partial charge in [0.2, 0.25) is 5.91 Å². The van der Waals surface area contributed by atoms with Gasteiger partial charge in [0.15, 0.2) is 0 Å². The number of hydrogen-bond acceptors (Lipinski definition) is 2. The molecule has 0 bridgehead atoms. The first-order valence-corrected chi connectivity index (χ1v) is 7.78. The largest absolute Gasteiger partial charge is 0.481 e. The number of carboxylic acids is 1. The Labute approximate surface area is 124 Å². The maximum absolute atomic E-state index is 12.5. The molecule has 4 nitrogen and oxygen atoms in total. The Bertz CT molecular complexity index is 555. The summed E-state index contributed by atoms with van der Waals surface area (Å²) in [6, 6.07) is 8.25. The van der Waals surface area contributed by atoms with Gasteiger partial charge in [-0.1, -0.05) is 30.7 Å². The van der Waals surface area contributed by atoms with E-state index in [4.69, 9.17) is 0 Å². The first-order chi connectivity index (χ1) is 10.2. The lowest BCUT2D eigenvalue weighted by Crippen LogP contribution is -2.38. The van der Waals surface area contributed by atoms with Crippen LogP contribution in [0.1, 0.15) is 49.3 Å². The lowest BCUT2D eigenvalue weighted by atomic mass is 9.87. The molecule has 1 saturated carbocycles. The maximum atomic E-state index is 12.5. The van der Waals surface area contributed by atoms with Crippen molar-refractivity contribution >= 4 is 11.9 Å². The zero-order chi connectivity index (χ0) is 14.8. The van der Waals surface area contributed by atoms with Crippen molar-refractivity contribution in [3.63, 3.8) is 0 Å². The maximum Gasteiger partial charge on any atom is 0.307 e. The highest BCUT2D eigenvalue weighted by Crippen LogP contribution is 2.34. The third kappa shape index (κ3) is 2.80. The Morgan fingerprint density at radius 1 is 1.05 bits per heavy atom. The molecule has 1 aromatic carbocycles. The predicted molar refractivity (Wildman–Crippen MR) is 78.7 cm³/mol. The van der Waals surface area contributed by atoms with E-state index in [2.05, 4.69) is 17.4 Å². The topological polar surface area (TPSA) is 66.4 Å². The molecule has 0 heterocycles. The van der Waals surface area contributed by atoms with E-state index in [9.17, 15) is 14.7 Å². The van der Waals surface area contributed by atoms with Crippen LogP contribution in [0.4, 0.5) is 0 Å². The van der Waals surface area contributed by atoms with Crippen LogP contribution >= 0.6 is 0 Å². The normalized spacial score (nSPS) is 27.9. The van der Waals surface area contributed by atoms with Gasteiger partial charge in [0.25, 0.3) is 0 Å². The number of benzene rings is 1. The third-order valence-corrected chi connectivity index (χ3v) is 4.86. The molecular weight excluding hydrogens is 266 g/mol. The van der Waals surface area contributed by atoms with Crippen LogP contribution in [0.2, 0.25) is 0 Å². The van der Waals surface area contributed by atoms with E-state index < -0.39 is 11.9 Å². The van der Waals surface area contributed by atoms with Gasteiger partial charge in [-0.3, -0.25) is 9.59 Å². The number of aryl methyl sites for hydroxylation is 1. The fraction of sp³-hybridized carbons (Fsp3) is 0.529. The van der Waals surface area contributed by atoms with Gasteiger partial charge < -0.3 is 10.4 Å². The monoisotopic (exact) mass is 287 g/mol. The minimum absolute atomic E-state index is 0.0393. The van der Waals surface area contributed by atoms with Crippen LogP contribution in [-0.2, 0) is 16.0 Å². The van der Waals surface area contributed by atoms with Gasteiger partial charge in [-0.25, -0.2) is 0 Å².